The molecule has 0 atom stereocenters. The third-order valence-electron chi connectivity index (χ3n) is 3.64. The van der Waals surface area contributed by atoms with E-state index < -0.39 is 0 Å². The van der Waals surface area contributed by atoms with Gasteiger partial charge in [0.15, 0.2) is 11.5 Å². The van der Waals surface area contributed by atoms with Crippen molar-refractivity contribution in [3.63, 3.8) is 0 Å². The molecule has 4 nitrogen and oxygen atoms in total. The highest BCUT2D eigenvalue weighted by molar-refractivity contribution is 5.95. The first kappa shape index (κ1) is 19.3. The maximum absolute atomic E-state index is 12.8. The number of hydrogen-bond donors (Lipinski definition) is 0. The van der Waals surface area contributed by atoms with Gasteiger partial charge >= 0.3 is 0 Å². The van der Waals surface area contributed by atoms with Crippen molar-refractivity contribution in [2.45, 2.75) is 53.4 Å². The molecule has 0 saturated carbocycles. The lowest BCUT2D eigenvalue weighted by Crippen LogP contribution is -2.33. The highest BCUT2D eigenvalue weighted by Gasteiger charge is 2.17. The molecule has 0 aliphatic heterocycles. The van der Waals surface area contributed by atoms with Crippen LogP contribution in [0.3, 0.4) is 0 Å². The van der Waals surface area contributed by atoms with Gasteiger partial charge in [0.1, 0.15) is 0 Å². The highest BCUT2D eigenvalue weighted by atomic mass is 16.5. The Labute approximate surface area is 140 Å². The molecule has 1 aromatic carbocycles. The Morgan fingerprint density at radius 1 is 0.913 bits per heavy atom. The number of benzene rings is 1. The van der Waals surface area contributed by atoms with Gasteiger partial charge < -0.3 is 14.4 Å². The van der Waals surface area contributed by atoms with Gasteiger partial charge in [-0.2, -0.15) is 0 Å². The van der Waals surface area contributed by atoms with Crippen molar-refractivity contribution >= 4 is 5.91 Å². The number of nitrogens with zero attached hydrogens (tertiary/aromatic N) is 1. The fraction of sp³-hybridized carbons (Fsp3) is 0.632. The van der Waals surface area contributed by atoms with E-state index in [0.717, 1.165) is 38.8 Å². The van der Waals surface area contributed by atoms with Gasteiger partial charge in [-0.1, -0.05) is 26.7 Å². The molecule has 0 aliphatic carbocycles. The molecule has 0 saturated heterocycles. The van der Waals surface area contributed by atoms with E-state index in [9.17, 15) is 4.79 Å². The van der Waals surface area contributed by atoms with E-state index in [-0.39, 0.29) is 5.91 Å². The number of unbranched alkanes of at least 4 members (excludes halogenated alkanes) is 2. The van der Waals surface area contributed by atoms with Crippen molar-refractivity contribution in [2.75, 3.05) is 26.3 Å². The zero-order valence-electron chi connectivity index (χ0n) is 15.1. The summed E-state index contributed by atoms with van der Waals surface area (Å²) in [6.07, 6.45) is 4.24. The molecular weight excluding hydrogens is 290 g/mol. The minimum Gasteiger partial charge on any atom is -0.490 e. The summed E-state index contributed by atoms with van der Waals surface area (Å²) in [6, 6.07) is 5.47. The van der Waals surface area contributed by atoms with Crippen molar-refractivity contribution < 1.29 is 14.3 Å². The molecule has 1 amide bonds. The van der Waals surface area contributed by atoms with Crippen LogP contribution in [0.4, 0.5) is 0 Å². The second-order valence-corrected chi connectivity index (χ2v) is 5.53. The summed E-state index contributed by atoms with van der Waals surface area (Å²) < 4.78 is 11.2. The Bertz CT molecular complexity index is 466. The van der Waals surface area contributed by atoms with Gasteiger partial charge in [0, 0.05) is 18.7 Å². The number of carbonyl (C=O) groups excluding carboxylic acids is 1. The molecule has 0 spiro atoms. The molecule has 0 unspecified atom stereocenters. The summed E-state index contributed by atoms with van der Waals surface area (Å²) in [5.74, 6) is 1.42. The van der Waals surface area contributed by atoms with Crippen LogP contribution < -0.4 is 9.47 Å². The van der Waals surface area contributed by atoms with Gasteiger partial charge in [-0.3, -0.25) is 4.79 Å². The minimum atomic E-state index is 0.0795. The van der Waals surface area contributed by atoms with E-state index in [0.29, 0.717) is 30.3 Å². The summed E-state index contributed by atoms with van der Waals surface area (Å²) >= 11 is 0. The lowest BCUT2D eigenvalue weighted by atomic mass is 10.1. The van der Waals surface area contributed by atoms with Crippen molar-refractivity contribution in [3.05, 3.63) is 23.8 Å². The van der Waals surface area contributed by atoms with E-state index in [2.05, 4.69) is 13.8 Å². The fourth-order valence-electron chi connectivity index (χ4n) is 2.38. The van der Waals surface area contributed by atoms with E-state index in [1.54, 1.807) is 0 Å². The predicted molar refractivity (Wildman–Crippen MR) is 94.5 cm³/mol. The van der Waals surface area contributed by atoms with Crippen molar-refractivity contribution in [2.24, 2.45) is 0 Å². The van der Waals surface area contributed by atoms with E-state index in [1.807, 2.05) is 36.9 Å². The van der Waals surface area contributed by atoms with E-state index in [4.69, 9.17) is 9.47 Å². The average molecular weight is 321 g/mol. The first-order valence-corrected chi connectivity index (χ1v) is 8.86. The van der Waals surface area contributed by atoms with Gasteiger partial charge in [-0.05, 0) is 44.9 Å². The maximum Gasteiger partial charge on any atom is 0.253 e. The topological polar surface area (TPSA) is 38.8 Å². The minimum absolute atomic E-state index is 0.0795. The molecule has 1 rings (SSSR count). The summed E-state index contributed by atoms with van der Waals surface area (Å²) in [5, 5.41) is 0. The molecule has 0 aromatic heterocycles. The smallest absolute Gasteiger partial charge is 0.253 e. The van der Waals surface area contributed by atoms with Crippen LogP contribution in [0.1, 0.15) is 63.7 Å². The third-order valence-corrected chi connectivity index (χ3v) is 3.64. The summed E-state index contributed by atoms with van der Waals surface area (Å²) in [4.78, 5) is 14.8. The van der Waals surface area contributed by atoms with Gasteiger partial charge in [0.05, 0.1) is 13.2 Å². The number of carbonyl (C=O) groups is 1. The summed E-state index contributed by atoms with van der Waals surface area (Å²) in [5.41, 5.74) is 0.670. The van der Waals surface area contributed by atoms with Crippen LogP contribution in [0, 0.1) is 0 Å². The van der Waals surface area contributed by atoms with Crippen molar-refractivity contribution in [1.82, 2.24) is 4.90 Å². The Hall–Kier alpha value is -1.71. The van der Waals surface area contributed by atoms with Crippen LogP contribution in [-0.4, -0.2) is 37.1 Å². The summed E-state index contributed by atoms with van der Waals surface area (Å²) in [7, 11) is 0. The quantitative estimate of drug-likeness (QED) is 0.601. The molecule has 4 heteroatoms. The van der Waals surface area contributed by atoms with Crippen LogP contribution in [0.2, 0.25) is 0 Å². The molecule has 1 aromatic rings. The van der Waals surface area contributed by atoms with Crippen LogP contribution in [0.5, 0.6) is 11.5 Å². The molecule has 0 fully saturated rings. The average Bonchev–Trinajstić information content (AvgIpc) is 2.56. The molecule has 0 heterocycles. The second kappa shape index (κ2) is 10.9. The zero-order valence-corrected chi connectivity index (χ0v) is 15.1. The third kappa shape index (κ3) is 6.12. The largest absolute Gasteiger partial charge is 0.490 e. The summed E-state index contributed by atoms with van der Waals surface area (Å²) in [6.45, 7) is 10.9. The molecule has 130 valence electrons. The van der Waals surface area contributed by atoms with Crippen LogP contribution >= 0.6 is 0 Å². The molecule has 0 radical (unpaired) electrons. The standard InChI is InChI=1S/C19H31NO3/c1-5-9-13-20(14-10-6-2)19(21)16-11-12-17(22-7-3)18(15-16)23-8-4/h11-12,15H,5-10,13-14H2,1-4H3. The molecule has 23 heavy (non-hydrogen) atoms. The Morgan fingerprint density at radius 2 is 1.48 bits per heavy atom. The molecule has 0 aliphatic rings. The Kier molecular flexibility index (Phi) is 9.18. The highest BCUT2D eigenvalue weighted by Crippen LogP contribution is 2.29. The fourth-order valence-corrected chi connectivity index (χ4v) is 2.38. The molecule has 0 N–H and O–H groups in total. The lowest BCUT2D eigenvalue weighted by molar-refractivity contribution is 0.0750. The van der Waals surface area contributed by atoms with Crippen molar-refractivity contribution in [3.8, 4) is 11.5 Å². The molecular formula is C19H31NO3. The van der Waals surface area contributed by atoms with Crippen LogP contribution in [0.25, 0.3) is 0 Å². The predicted octanol–water partition coefficient (Wildman–Crippen LogP) is 4.53. The zero-order chi connectivity index (χ0) is 17.1. The first-order valence-electron chi connectivity index (χ1n) is 8.86. The number of amides is 1. The number of hydrogen-bond acceptors (Lipinski definition) is 3. The lowest BCUT2D eigenvalue weighted by Gasteiger charge is -2.23. The number of ether oxygens (including phenoxy) is 2. The monoisotopic (exact) mass is 321 g/mol. The second-order valence-electron chi connectivity index (χ2n) is 5.53. The van der Waals surface area contributed by atoms with Crippen molar-refractivity contribution in [1.29, 1.82) is 0 Å². The van der Waals surface area contributed by atoms with Gasteiger partial charge in [0.25, 0.3) is 5.91 Å². The van der Waals surface area contributed by atoms with Gasteiger partial charge in [0.2, 0.25) is 0 Å². The van der Waals surface area contributed by atoms with E-state index in [1.165, 1.54) is 0 Å². The van der Waals surface area contributed by atoms with Crippen LogP contribution in [0.15, 0.2) is 18.2 Å². The number of rotatable bonds is 11. The Balaban J connectivity index is 2.95. The SMILES string of the molecule is CCCCN(CCCC)C(=O)c1ccc(OCC)c(OCC)c1. The van der Waals surface area contributed by atoms with Gasteiger partial charge in [-0.15, -0.1) is 0 Å². The van der Waals surface area contributed by atoms with E-state index >= 15 is 0 Å². The van der Waals surface area contributed by atoms with Crippen LogP contribution in [-0.2, 0) is 0 Å². The maximum atomic E-state index is 12.8. The normalized spacial score (nSPS) is 10.4. The Morgan fingerprint density at radius 3 is 2.00 bits per heavy atom. The van der Waals surface area contributed by atoms with Gasteiger partial charge in [-0.25, -0.2) is 0 Å². The molecule has 0 bridgehead atoms. The first-order chi connectivity index (χ1) is 11.2.